The first-order valence-electron chi connectivity index (χ1n) is 9.15. The van der Waals surface area contributed by atoms with E-state index >= 15 is 0 Å². The number of benzene rings is 2. The third-order valence-corrected chi connectivity index (χ3v) is 4.57. The molecule has 0 bridgehead atoms. The third-order valence-electron chi connectivity index (χ3n) is 4.57. The van der Waals surface area contributed by atoms with Gasteiger partial charge in [0.2, 0.25) is 5.82 Å². The van der Waals surface area contributed by atoms with Gasteiger partial charge in [0.1, 0.15) is 11.9 Å². The van der Waals surface area contributed by atoms with Crippen molar-refractivity contribution >= 4 is 17.6 Å². The summed E-state index contributed by atoms with van der Waals surface area (Å²) in [6.45, 7) is 3.81. The Morgan fingerprint density at radius 2 is 1.45 bits per heavy atom. The average molecular weight is 483 g/mol. The number of ether oxygens (including phenoxy) is 2. The third kappa shape index (κ3) is 3.95. The summed E-state index contributed by atoms with van der Waals surface area (Å²) in [5, 5.41) is 0. The van der Waals surface area contributed by atoms with Crippen LogP contribution in [0.4, 0.5) is 40.8 Å². The molecule has 5 nitrogen and oxygen atoms in total. The normalized spacial score (nSPS) is 15.9. The zero-order valence-corrected chi connectivity index (χ0v) is 16.9. The minimum Gasteiger partial charge on any atom is -0.461 e. The summed E-state index contributed by atoms with van der Waals surface area (Å²) in [4.78, 5) is 24.7. The van der Waals surface area contributed by atoms with Crippen molar-refractivity contribution in [1.82, 2.24) is 0 Å². The molecule has 2 aromatic carbocycles. The highest BCUT2D eigenvalue weighted by atomic mass is 19.3. The fourth-order valence-electron chi connectivity index (χ4n) is 3.10. The molecule has 0 aliphatic carbocycles. The molecular formula is C20H13F8NO4. The number of anilines is 1. The van der Waals surface area contributed by atoms with Crippen LogP contribution >= 0.6 is 0 Å². The van der Waals surface area contributed by atoms with Crippen LogP contribution in [-0.2, 0) is 14.3 Å². The van der Waals surface area contributed by atoms with E-state index in [1.807, 2.05) is 0 Å². The van der Waals surface area contributed by atoms with E-state index in [4.69, 9.17) is 4.74 Å². The Hall–Kier alpha value is -3.38. The fourth-order valence-corrected chi connectivity index (χ4v) is 3.10. The zero-order chi connectivity index (χ0) is 25.0. The van der Waals surface area contributed by atoms with Gasteiger partial charge in [0.15, 0.2) is 29.0 Å². The Morgan fingerprint density at radius 3 is 1.97 bits per heavy atom. The molecule has 0 unspecified atom stereocenters. The number of amides is 1. The van der Waals surface area contributed by atoms with Crippen LogP contribution in [0.1, 0.15) is 20.8 Å². The predicted octanol–water partition coefficient (Wildman–Crippen LogP) is 4.85. The highest BCUT2D eigenvalue weighted by Crippen LogP contribution is 2.45. The lowest BCUT2D eigenvalue weighted by Crippen LogP contribution is -2.56. The SMILES string of the molecule is CC(C)OC(=O)[C@H](C)N1C(=O)C(F)(F)Oc2cc(F)c(-c3c(F)c(F)c(F)c(F)c3F)cc21. The average Bonchev–Trinajstić information content (AvgIpc) is 2.71. The topological polar surface area (TPSA) is 55.8 Å². The van der Waals surface area contributed by atoms with E-state index in [-0.39, 0.29) is 11.0 Å². The number of nitrogens with zero attached hydrogens (tertiary/aromatic N) is 1. The number of carbonyl (C=O) groups excluding carboxylic acids is 2. The Kier molecular flexibility index (Phi) is 6.03. The van der Waals surface area contributed by atoms with E-state index in [9.17, 15) is 44.7 Å². The maximum atomic E-state index is 14.6. The standard InChI is InChI=1S/C20H13F8NO4/c1-6(2)32-18(30)7(3)29-10-4-8(9(21)5-11(10)33-20(27,28)19(29)31)12-13(22)15(24)17(26)16(25)14(12)23/h4-7H,1-3H3/t7-/m0/s1. The number of alkyl halides is 2. The van der Waals surface area contributed by atoms with E-state index in [0.29, 0.717) is 6.07 Å². The summed E-state index contributed by atoms with van der Waals surface area (Å²) in [7, 11) is 0. The van der Waals surface area contributed by atoms with E-state index < -0.39 is 87.6 Å². The van der Waals surface area contributed by atoms with Crippen molar-refractivity contribution < 1.29 is 54.2 Å². The van der Waals surface area contributed by atoms with E-state index in [2.05, 4.69) is 4.74 Å². The summed E-state index contributed by atoms with van der Waals surface area (Å²) in [5.41, 5.74) is -3.77. The molecule has 0 fully saturated rings. The van der Waals surface area contributed by atoms with Crippen LogP contribution in [0.25, 0.3) is 11.1 Å². The van der Waals surface area contributed by atoms with Crippen LogP contribution in [-0.4, -0.2) is 30.1 Å². The van der Waals surface area contributed by atoms with Gasteiger partial charge in [-0.05, 0) is 26.8 Å². The molecule has 1 atom stereocenters. The largest absolute Gasteiger partial charge is 0.483 e. The molecule has 0 spiro atoms. The van der Waals surface area contributed by atoms with Gasteiger partial charge in [-0.25, -0.2) is 31.1 Å². The monoisotopic (exact) mass is 483 g/mol. The number of carbonyl (C=O) groups is 2. The van der Waals surface area contributed by atoms with Gasteiger partial charge >= 0.3 is 18.0 Å². The minimum atomic E-state index is -4.57. The summed E-state index contributed by atoms with van der Waals surface area (Å²) in [6, 6.07) is -1.26. The number of rotatable bonds is 4. The lowest BCUT2D eigenvalue weighted by atomic mass is 10.00. The molecule has 3 rings (SSSR count). The molecule has 1 aliphatic heterocycles. The molecule has 2 aromatic rings. The molecule has 178 valence electrons. The molecule has 1 aliphatic rings. The first kappa shape index (κ1) is 24.3. The van der Waals surface area contributed by atoms with Crippen LogP contribution in [0.3, 0.4) is 0 Å². The maximum Gasteiger partial charge on any atom is 0.483 e. The fraction of sp³-hybridized carbons (Fsp3) is 0.300. The summed E-state index contributed by atoms with van der Waals surface area (Å²) in [6.07, 6.45) is -5.30. The minimum absolute atomic E-state index is 0.124. The van der Waals surface area contributed by atoms with E-state index in [0.717, 1.165) is 6.92 Å². The Balaban J connectivity index is 2.28. The quantitative estimate of drug-likeness (QED) is 0.270. The van der Waals surface area contributed by atoms with Gasteiger partial charge < -0.3 is 9.47 Å². The van der Waals surface area contributed by atoms with Crippen LogP contribution in [0, 0.1) is 34.9 Å². The lowest BCUT2D eigenvalue weighted by molar-refractivity contribution is -0.194. The predicted molar refractivity (Wildman–Crippen MR) is 95.4 cm³/mol. The molecule has 33 heavy (non-hydrogen) atoms. The van der Waals surface area contributed by atoms with Crippen molar-refractivity contribution in [3.05, 3.63) is 47.0 Å². The number of hydrogen-bond acceptors (Lipinski definition) is 4. The second-order valence-corrected chi connectivity index (χ2v) is 7.20. The molecule has 1 amide bonds. The summed E-state index contributed by atoms with van der Waals surface area (Å²) < 4.78 is 121. The van der Waals surface area contributed by atoms with Crippen molar-refractivity contribution in [3.8, 4) is 16.9 Å². The molecule has 0 saturated heterocycles. The van der Waals surface area contributed by atoms with Crippen LogP contribution < -0.4 is 9.64 Å². The Morgan fingerprint density at radius 1 is 0.939 bits per heavy atom. The highest BCUT2D eigenvalue weighted by molar-refractivity contribution is 6.05. The first-order chi connectivity index (χ1) is 15.2. The van der Waals surface area contributed by atoms with Gasteiger partial charge in [-0.15, -0.1) is 0 Å². The van der Waals surface area contributed by atoms with Gasteiger partial charge in [0, 0.05) is 11.6 Å². The highest BCUT2D eigenvalue weighted by Gasteiger charge is 2.53. The second-order valence-electron chi connectivity index (χ2n) is 7.20. The van der Waals surface area contributed by atoms with Crippen LogP contribution in [0.15, 0.2) is 12.1 Å². The van der Waals surface area contributed by atoms with Gasteiger partial charge in [0.25, 0.3) is 0 Å². The van der Waals surface area contributed by atoms with E-state index in [1.165, 1.54) is 13.8 Å². The Bertz CT molecular complexity index is 1140. The van der Waals surface area contributed by atoms with Crippen molar-refractivity contribution in [2.45, 2.75) is 39.0 Å². The second kappa shape index (κ2) is 8.19. The van der Waals surface area contributed by atoms with Crippen LogP contribution in [0.5, 0.6) is 5.75 Å². The number of esters is 1. The molecule has 0 radical (unpaired) electrons. The molecule has 0 saturated carbocycles. The van der Waals surface area contributed by atoms with Crippen LogP contribution in [0.2, 0.25) is 0 Å². The first-order valence-corrected chi connectivity index (χ1v) is 9.15. The maximum absolute atomic E-state index is 14.6. The number of halogens is 8. The molecule has 1 heterocycles. The number of hydrogen-bond donors (Lipinski definition) is 0. The van der Waals surface area contributed by atoms with Gasteiger partial charge in [-0.3, -0.25) is 9.69 Å². The van der Waals surface area contributed by atoms with Gasteiger partial charge in [-0.1, -0.05) is 0 Å². The van der Waals surface area contributed by atoms with Crippen molar-refractivity contribution in [2.75, 3.05) is 4.90 Å². The van der Waals surface area contributed by atoms with Gasteiger partial charge in [-0.2, -0.15) is 8.78 Å². The number of fused-ring (bicyclic) bond motifs is 1. The van der Waals surface area contributed by atoms with Crippen molar-refractivity contribution in [3.63, 3.8) is 0 Å². The smallest absolute Gasteiger partial charge is 0.461 e. The van der Waals surface area contributed by atoms with Crippen molar-refractivity contribution in [2.24, 2.45) is 0 Å². The van der Waals surface area contributed by atoms with Gasteiger partial charge in [0.05, 0.1) is 17.4 Å². The zero-order valence-electron chi connectivity index (χ0n) is 16.9. The molecular weight excluding hydrogens is 470 g/mol. The molecule has 13 heteroatoms. The molecule has 0 aromatic heterocycles. The van der Waals surface area contributed by atoms with E-state index in [1.54, 1.807) is 0 Å². The molecule has 0 N–H and O–H groups in total. The Labute approximate surface area is 180 Å². The van der Waals surface area contributed by atoms with Crippen molar-refractivity contribution in [1.29, 1.82) is 0 Å². The lowest BCUT2D eigenvalue weighted by Gasteiger charge is -2.36. The summed E-state index contributed by atoms with van der Waals surface area (Å²) >= 11 is 0. The summed E-state index contributed by atoms with van der Waals surface area (Å²) in [5.74, 6) is -18.1.